The van der Waals surface area contributed by atoms with Gasteiger partial charge in [0.1, 0.15) is 11.5 Å². The van der Waals surface area contributed by atoms with Crippen LogP contribution in [0.2, 0.25) is 0 Å². The lowest BCUT2D eigenvalue weighted by Gasteiger charge is -2.36. The third-order valence-corrected chi connectivity index (χ3v) is 3.28. The van der Waals surface area contributed by atoms with Crippen LogP contribution in [0.25, 0.3) is 0 Å². The number of aromatic hydroxyl groups is 1. The molecule has 0 saturated heterocycles. The minimum atomic E-state index is -0.00676. The quantitative estimate of drug-likeness (QED) is 0.846. The molecule has 0 spiro atoms. The fraction of sp³-hybridized carbons (Fsp3) is 0.647. The van der Waals surface area contributed by atoms with Gasteiger partial charge in [0.15, 0.2) is 0 Å². The van der Waals surface area contributed by atoms with Gasteiger partial charge in [0, 0.05) is 17.1 Å². The Labute approximate surface area is 123 Å². The average Bonchev–Trinajstić information content (AvgIpc) is 2.25. The van der Waals surface area contributed by atoms with Crippen molar-refractivity contribution >= 4 is 0 Å². The Hall–Kier alpha value is -1.22. The minimum absolute atomic E-state index is 0.00676. The minimum Gasteiger partial charge on any atom is -0.508 e. The predicted molar refractivity (Wildman–Crippen MR) is 84.4 cm³/mol. The fourth-order valence-electron chi connectivity index (χ4n) is 3.05. The van der Waals surface area contributed by atoms with Crippen molar-refractivity contribution in [1.29, 1.82) is 0 Å². The van der Waals surface area contributed by atoms with Crippen molar-refractivity contribution in [1.82, 2.24) is 5.32 Å². The molecular formula is C17H29NO2. The topological polar surface area (TPSA) is 41.5 Å². The van der Waals surface area contributed by atoms with Crippen molar-refractivity contribution in [3.05, 3.63) is 23.8 Å². The highest BCUT2D eigenvalue weighted by atomic mass is 16.5. The molecule has 0 fully saturated rings. The highest BCUT2D eigenvalue weighted by Crippen LogP contribution is 2.32. The number of nitrogens with one attached hydrogen (secondary N) is 1. The number of ether oxygens (including phenoxy) is 1. The first-order chi connectivity index (χ1) is 9.04. The van der Waals surface area contributed by atoms with Gasteiger partial charge in [-0.25, -0.2) is 0 Å². The first kappa shape index (κ1) is 16.8. The second kappa shape index (κ2) is 6.04. The van der Waals surface area contributed by atoms with Crippen LogP contribution in [0.5, 0.6) is 11.5 Å². The molecule has 1 unspecified atom stereocenters. The molecule has 0 bridgehead atoms. The van der Waals surface area contributed by atoms with Gasteiger partial charge in [-0.2, -0.15) is 0 Å². The Morgan fingerprint density at radius 3 is 2.30 bits per heavy atom. The van der Waals surface area contributed by atoms with E-state index >= 15 is 0 Å². The predicted octanol–water partition coefficient (Wildman–Crippen LogP) is 4.27. The Bertz CT molecular complexity index is 447. The molecule has 20 heavy (non-hydrogen) atoms. The molecule has 2 N–H and O–H groups in total. The van der Waals surface area contributed by atoms with Gasteiger partial charge in [-0.15, -0.1) is 0 Å². The van der Waals surface area contributed by atoms with Crippen LogP contribution in [0.15, 0.2) is 18.2 Å². The lowest BCUT2D eigenvalue weighted by Crippen LogP contribution is -2.43. The molecule has 0 aliphatic heterocycles. The van der Waals surface area contributed by atoms with Gasteiger partial charge in [-0.3, -0.25) is 0 Å². The first-order valence-electron chi connectivity index (χ1n) is 7.19. The van der Waals surface area contributed by atoms with Crippen LogP contribution in [-0.4, -0.2) is 17.8 Å². The van der Waals surface area contributed by atoms with E-state index in [-0.39, 0.29) is 17.0 Å². The number of hydrogen-bond acceptors (Lipinski definition) is 3. The summed E-state index contributed by atoms with van der Waals surface area (Å²) < 4.78 is 5.23. The van der Waals surface area contributed by atoms with Crippen molar-refractivity contribution < 1.29 is 9.84 Å². The molecule has 1 aromatic carbocycles. The van der Waals surface area contributed by atoms with Gasteiger partial charge in [0.2, 0.25) is 0 Å². The van der Waals surface area contributed by atoms with Crippen molar-refractivity contribution in [3.8, 4) is 11.5 Å². The maximum Gasteiger partial charge on any atom is 0.120 e. The third-order valence-electron chi connectivity index (χ3n) is 3.28. The van der Waals surface area contributed by atoms with Gasteiger partial charge in [-0.05, 0) is 50.8 Å². The smallest absolute Gasteiger partial charge is 0.120 e. The highest BCUT2D eigenvalue weighted by Gasteiger charge is 2.27. The molecule has 0 amide bonds. The first-order valence-corrected chi connectivity index (χ1v) is 7.19. The average molecular weight is 279 g/mol. The van der Waals surface area contributed by atoms with Gasteiger partial charge < -0.3 is 15.2 Å². The summed E-state index contributed by atoms with van der Waals surface area (Å²) in [5.41, 5.74) is 1.12. The molecule has 0 aromatic heterocycles. The zero-order valence-electron chi connectivity index (χ0n) is 13.9. The molecule has 1 atom stereocenters. The second-order valence-corrected chi connectivity index (χ2v) is 7.41. The van der Waals surface area contributed by atoms with E-state index in [2.05, 4.69) is 46.9 Å². The molecule has 3 nitrogen and oxygen atoms in total. The summed E-state index contributed by atoms with van der Waals surface area (Å²) in [5.74, 6) is 1.07. The Morgan fingerprint density at radius 2 is 1.80 bits per heavy atom. The summed E-state index contributed by atoms with van der Waals surface area (Å²) in [4.78, 5) is 0. The zero-order valence-corrected chi connectivity index (χ0v) is 13.9. The lowest BCUT2D eigenvalue weighted by atomic mass is 9.81. The van der Waals surface area contributed by atoms with E-state index < -0.39 is 0 Å². The van der Waals surface area contributed by atoms with Crippen LogP contribution in [0.3, 0.4) is 0 Å². The van der Waals surface area contributed by atoms with E-state index in [1.807, 2.05) is 6.07 Å². The summed E-state index contributed by atoms with van der Waals surface area (Å²) in [7, 11) is 1.64. The number of methoxy groups -OCH3 is 1. The van der Waals surface area contributed by atoms with Crippen LogP contribution < -0.4 is 10.1 Å². The van der Waals surface area contributed by atoms with Crippen molar-refractivity contribution in [2.24, 2.45) is 5.41 Å². The van der Waals surface area contributed by atoms with Crippen molar-refractivity contribution in [3.63, 3.8) is 0 Å². The van der Waals surface area contributed by atoms with E-state index in [1.165, 1.54) is 0 Å². The zero-order chi connectivity index (χ0) is 15.6. The molecule has 114 valence electrons. The van der Waals surface area contributed by atoms with Crippen LogP contribution in [-0.2, 0) is 0 Å². The molecular weight excluding hydrogens is 250 g/mol. The highest BCUT2D eigenvalue weighted by molar-refractivity contribution is 5.41. The second-order valence-electron chi connectivity index (χ2n) is 7.41. The molecule has 1 aromatic rings. The molecule has 0 radical (unpaired) electrons. The molecule has 3 heteroatoms. The molecule has 0 saturated carbocycles. The summed E-state index contributed by atoms with van der Waals surface area (Å²) in [6, 6.07) is 5.40. The number of rotatable bonds is 5. The monoisotopic (exact) mass is 279 g/mol. The van der Waals surface area contributed by atoms with Gasteiger partial charge >= 0.3 is 0 Å². The standard InChI is InChI=1S/C17H29NO2/c1-12(18-17(5,6)11-16(2,3)4)14-10-13(20-7)8-9-15(14)19/h8-10,12,18-19H,11H2,1-7H3. The summed E-state index contributed by atoms with van der Waals surface area (Å²) >= 11 is 0. The molecule has 0 aliphatic rings. The van der Waals surface area contributed by atoms with E-state index in [9.17, 15) is 5.11 Å². The van der Waals surface area contributed by atoms with Gasteiger partial charge in [0.25, 0.3) is 0 Å². The maximum atomic E-state index is 10.0. The molecule has 1 rings (SSSR count). The van der Waals surface area contributed by atoms with Gasteiger partial charge in [-0.1, -0.05) is 20.8 Å². The van der Waals surface area contributed by atoms with Crippen molar-refractivity contribution in [2.75, 3.05) is 7.11 Å². The number of hydrogen-bond donors (Lipinski definition) is 2. The van der Waals surface area contributed by atoms with E-state index in [4.69, 9.17) is 4.74 Å². The maximum absolute atomic E-state index is 10.0. The number of phenols is 1. The fourth-order valence-corrected chi connectivity index (χ4v) is 3.05. The van der Waals surface area contributed by atoms with Crippen molar-refractivity contribution in [2.45, 2.75) is 59.5 Å². The Kier molecular flexibility index (Phi) is 5.09. The normalized spacial score (nSPS) is 14.2. The van der Waals surface area contributed by atoms with E-state index in [0.29, 0.717) is 5.75 Å². The van der Waals surface area contributed by atoms with Crippen LogP contribution >= 0.6 is 0 Å². The largest absolute Gasteiger partial charge is 0.508 e. The van der Waals surface area contributed by atoms with Crippen LogP contribution in [0, 0.1) is 5.41 Å². The molecule has 0 heterocycles. The van der Waals surface area contributed by atoms with Gasteiger partial charge in [0.05, 0.1) is 7.11 Å². The summed E-state index contributed by atoms with van der Waals surface area (Å²) in [6.07, 6.45) is 1.05. The lowest BCUT2D eigenvalue weighted by molar-refractivity contribution is 0.225. The summed E-state index contributed by atoms with van der Waals surface area (Å²) in [5, 5.41) is 13.6. The van der Waals surface area contributed by atoms with E-state index in [1.54, 1.807) is 19.2 Å². The summed E-state index contributed by atoms with van der Waals surface area (Å²) in [6.45, 7) is 13.2. The third kappa shape index (κ3) is 5.04. The van der Waals surface area contributed by atoms with Crippen LogP contribution in [0.4, 0.5) is 0 Å². The SMILES string of the molecule is COc1ccc(O)c(C(C)NC(C)(C)CC(C)(C)C)c1. The Morgan fingerprint density at radius 1 is 1.20 bits per heavy atom. The van der Waals surface area contributed by atoms with E-state index in [0.717, 1.165) is 17.7 Å². The molecule has 0 aliphatic carbocycles. The number of benzene rings is 1. The van der Waals surface area contributed by atoms with Crippen LogP contribution in [0.1, 0.15) is 59.6 Å². The Balaban J connectivity index is 2.87. The number of phenolic OH excluding ortho intramolecular Hbond substituents is 1.